The van der Waals surface area contributed by atoms with E-state index in [1.807, 2.05) is 30.3 Å². The van der Waals surface area contributed by atoms with E-state index in [2.05, 4.69) is 4.90 Å². The van der Waals surface area contributed by atoms with Crippen LogP contribution in [-0.2, 0) is 4.79 Å². The Morgan fingerprint density at radius 1 is 0.846 bits per heavy atom. The van der Waals surface area contributed by atoms with Crippen LogP contribution in [0.2, 0.25) is 0 Å². The number of benzene rings is 2. The summed E-state index contributed by atoms with van der Waals surface area (Å²) in [5, 5.41) is 0. The van der Waals surface area contributed by atoms with E-state index in [0.29, 0.717) is 26.2 Å². The zero-order valence-corrected chi connectivity index (χ0v) is 14.1. The minimum absolute atomic E-state index is 0.00171. The van der Waals surface area contributed by atoms with Crippen LogP contribution in [-0.4, -0.2) is 42.8 Å². The van der Waals surface area contributed by atoms with Gasteiger partial charge >= 0.3 is 0 Å². The molecule has 1 aliphatic heterocycles. The molecule has 0 spiro atoms. The van der Waals surface area contributed by atoms with Crippen molar-refractivity contribution in [2.75, 3.05) is 31.1 Å². The molecule has 1 heterocycles. The topological polar surface area (TPSA) is 40.6 Å². The smallest absolute Gasteiger partial charge is 0.246 e. The fourth-order valence-corrected chi connectivity index (χ4v) is 2.82. The zero-order valence-electron chi connectivity index (χ0n) is 14.1. The molecule has 134 valence electrons. The lowest BCUT2D eigenvalue weighted by molar-refractivity contribution is -0.126. The van der Waals surface area contributed by atoms with E-state index in [1.165, 1.54) is 12.1 Å². The molecule has 1 amide bonds. The normalized spacial score (nSPS) is 14.7. The van der Waals surface area contributed by atoms with E-state index < -0.39 is 17.4 Å². The molecule has 0 radical (unpaired) electrons. The van der Waals surface area contributed by atoms with Gasteiger partial charge in [-0.15, -0.1) is 0 Å². The SMILES string of the molecule is O=C(/C=C/C(=O)N1CCN(c2ccccc2)CC1)c1ccc(F)c(F)c1. The maximum Gasteiger partial charge on any atom is 0.246 e. The van der Waals surface area contributed by atoms with Crippen LogP contribution in [0.15, 0.2) is 60.7 Å². The average Bonchev–Trinajstić information content (AvgIpc) is 2.68. The Morgan fingerprint density at radius 2 is 1.54 bits per heavy atom. The summed E-state index contributed by atoms with van der Waals surface area (Å²) in [7, 11) is 0. The Bertz CT molecular complexity index is 829. The number of carbonyl (C=O) groups is 2. The molecule has 6 heteroatoms. The molecule has 2 aromatic carbocycles. The number of nitrogens with zero attached hydrogens (tertiary/aromatic N) is 2. The summed E-state index contributed by atoms with van der Waals surface area (Å²) in [6.45, 7) is 2.52. The second-order valence-electron chi connectivity index (χ2n) is 5.97. The molecule has 4 nitrogen and oxygen atoms in total. The molecule has 0 atom stereocenters. The minimum Gasteiger partial charge on any atom is -0.368 e. The largest absolute Gasteiger partial charge is 0.368 e. The molecule has 1 fully saturated rings. The maximum atomic E-state index is 13.2. The Balaban J connectivity index is 1.56. The van der Waals surface area contributed by atoms with Crippen LogP contribution in [0.5, 0.6) is 0 Å². The van der Waals surface area contributed by atoms with Gasteiger partial charge in [-0.05, 0) is 36.4 Å². The molecule has 2 aromatic rings. The second kappa shape index (κ2) is 7.91. The fraction of sp³-hybridized carbons (Fsp3) is 0.200. The van der Waals surface area contributed by atoms with E-state index >= 15 is 0 Å². The van der Waals surface area contributed by atoms with Gasteiger partial charge in [-0.2, -0.15) is 0 Å². The summed E-state index contributed by atoms with van der Waals surface area (Å²) in [5.74, 6) is -2.92. The predicted molar refractivity (Wildman–Crippen MR) is 95.1 cm³/mol. The lowest BCUT2D eigenvalue weighted by Crippen LogP contribution is -2.48. The summed E-state index contributed by atoms with van der Waals surface area (Å²) in [5.41, 5.74) is 1.12. The molecule has 1 aliphatic rings. The molecule has 0 N–H and O–H groups in total. The fourth-order valence-electron chi connectivity index (χ4n) is 2.82. The predicted octanol–water partition coefficient (Wildman–Crippen LogP) is 3.05. The molecule has 0 aliphatic carbocycles. The number of anilines is 1. The number of halogens is 2. The molecule has 0 saturated carbocycles. The van der Waals surface area contributed by atoms with Crippen molar-refractivity contribution in [3.63, 3.8) is 0 Å². The highest BCUT2D eigenvalue weighted by atomic mass is 19.2. The molecular weight excluding hydrogens is 338 g/mol. The highest BCUT2D eigenvalue weighted by molar-refractivity contribution is 6.07. The van der Waals surface area contributed by atoms with Gasteiger partial charge in [0.1, 0.15) is 0 Å². The summed E-state index contributed by atoms with van der Waals surface area (Å²) in [4.78, 5) is 28.1. The number of amides is 1. The quantitative estimate of drug-likeness (QED) is 0.625. The van der Waals surface area contributed by atoms with Gasteiger partial charge in [0.25, 0.3) is 0 Å². The third kappa shape index (κ3) is 4.14. The first kappa shape index (κ1) is 17.8. The van der Waals surface area contributed by atoms with Gasteiger partial charge < -0.3 is 9.80 Å². The van der Waals surface area contributed by atoms with Crippen LogP contribution in [0.3, 0.4) is 0 Å². The van der Waals surface area contributed by atoms with Crippen LogP contribution >= 0.6 is 0 Å². The molecule has 0 bridgehead atoms. The summed E-state index contributed by atoms with van der Waals surface area (Å²) >= 11 is 0. The first-order valence-electron chi connectivity index (χ1n) is 8.31. The van der Waals surface area contributed by atoms with Crippen molar-refractivity contribution in [1.29, 1.82) is 0 Å². The van der Waals surface area contributed by atoms with Crippen molar-refractivity contribution >= 4 is 17.4 Å². The Morgan fingerprint density at radius 3 is 2.19 bits per heavy atom. The van der Waals surface area contributed by atoms with Gasteiger partial charge in [0, 0.05) is 43.5 Å². The van der Waals surface area contributed by atoms with Crippen molar-refractivity contribution in [1.82, 2.24) is 4.90 Å². The minimum atomic E-state index is -1.09. The van der Waals surface area contributed by atoms with Crippen molar-refractivity contribution in [2.24, 2.45) is 0 Å². The van der Waals surface area contributed by atoms with Crippen LogP contribution in [0, 0.1) is 11.6 Å². The van der Waals surface area contributed by atoms with E-state index in [-0.39, 0.29) is 11.5 Å². The number of hydrogen-bond acceptors (Lipinski definition) is 3. The Kier molecular flexibility index (Phi) is 5.41. The lowest BCUT2D eigenvalue weighted by atomic mass is 10.1. The Labute approximate surface area is 150 Å². The van der Waals surface area contributed by atoms with Crippen molar-refractivity contribution in [2.45, 2.75) is 0 Å². The summed E-state index contributed by atoms with van der Waals surface area (Å²) in [6, 6.07) is 12.9. The number of piperazine rings is 1. The summed E-state index contributed by atoms with van der Waals surface area (Å²) in [6.07, 6.45) is 2.28. The van der Waals surface area contributed by atoms with Gasteiger partial charge in [0.15, 0.2) is 17.4 Å². The van der Waals surface area contributed by atoms with Crippen LogP contribution in [0.1, 0.15) is 10.4 Å². The summed E-state index contributed by atoms with van der Waals surface area (Å²) < 4.78 is 26.1. The molecule has 26 heavy (non-hydrogen) atoms. The number of para-hydroxylation sites is 1. The molecule has 3 rings (SSSR count). The van der Waals surface area contributed by atoms with E-state index in [0.717, 1.165) is 23.9 Å². The number of hydrogen-bond donors (Lipinski definition) is 0. The van der Waals surface area contributed by atoms with E-state index in [1.54, 1.807) is 4.90 Å². The lowest BCUT2D eigenvalue weighted by Gasteiger charge is -2.35. The van der Waals surface area contributed by atoms with Crippen molar-refractivity contribution in [3.8, 4) is 0 Å². The number of allylic oxidation sites excluding steroid dienone is 1. The molecule has 0 aromatic heterocycles. The maximum absolute atomic E-state index is 13.2. The molecular formula is C20H18F2N2O2. The van der Waals surface area contributed by atoms with Crippen LogP contribution < -0.4 is 4.90 Å². The van der Waals surface area contributed by atoms with Crippen molar-refractivity contribution in [3.05, 3.63) is 77.9 Å². The monoisotopic (exact) mass is 356 g/mol. The van der Waals surface area contributed by atoms with Crippen molar-refractivity contribution < 1.29 is 18.4 Å². The first-order valence-corrected chi connectivity index (χ1v) is 8.31. The van der Waals surface area contributed by atoms with Crippen LogP contribution in [0.4, 0.5) is 14.5 Å². The number of carbonyl (C=O) groups excluding carboxylic acids is 2. The molecule has 0 unspecified atom stereocenters. The van der Waals surface area contributed by atoms with Gasteiger partial charge in [-0.3, -0.25) is 9.59 Å². The van der Waals surface area contributed by atoms with Gasteiger partial charge in [-0.25, -0.2) is 8.78 Å². The standard InChI is InChI=1S/C20H18F2N2O2/c21-17-7-6-15(14-18(17)22)19(25)8-9-20(26)24-12-10-23(11-13-24)16-4-2-1-3-5-16/h1-9,14H,10-13H2/b9-8+. The first-order chi connectivity index (χ1) is 12.5. The zero-order chi connectivity index (χ0) is 18.5. The van der Waals surface area contributed by atoms with Crippen LogP contribution in [0.25, 0.3) is 0 Å². The van der Waals surface area contributed by atoms with E-state index in [4.69, 9.17) is 0 Å². The number of ketones is 1. The number of rotatable bonds is 4. The van der Waals surface area contributed by atoms with E-state index in [9.17, 15) is 18.4 Å². The van der Waals surface area contributed by atoms with Gasteiger partial charge in [-0.1, -0.05) is 18.2 Å². The average molecular weight is 356 g/mol. The second-order valence-corrected chi connectivity index (χ2v) is 5.97. The highest BCUT2D eigenvalue weighted by Crippen LogP contribution is 2.16. The third-order valence-electron chi connectivity index (χ3n) is 4.29. The van der Waals surface area contributed by atoms with Gasteiger partial charge in [0.2, 0.25) is 5.91 Å². The third-order valence-corrected chi connectivity index (χ3v) is 4.29. The van der Waals surface area contributed by atoms with Gasteiger partial charge in [0.05, 0.1) is 0 Å². The Hall–Kier alpha value is -3.02. The molecule has 1 saturated heterocycles. The highest BCUT2D eigenvalue weighted by Gasteiger charge is 2.20.